The van der Waals surface area contributed by atoms with Crippen molar-refractivity contribution >= 4 is 94.8 Å². The summed E-state index contributed by atoms with van der Waals surface area (Å²) in [5.74, 6) is -4.94. The van der Waals surface area contributed by atoms with Gasteiger partial charge in [0.2, 0.25) is 0 Å². The second-order valence-electron chi connectivity index (χ2n) is 18.5. The van der Waals surface area contributed by atoms with Crippen LogP contribution in [-0.2, 0) is 156 Å². The second-order valence-corrected chi connectivity index (χ2v) is 27.4. The lowest BCUT2D eigenvalue weighted by atomic mass is 9.94. The molecule has 0 saturated carbocycles. The van der Waals surface area contributed by atoms with Gasteiger partial charge in [-0.25, -0.2) is 30.5 Å². The van der Waals surface area contributed by atoms with Crippen molar-refractivity contribution in [2.45, 2.75) is 153 Å². The summed E-state index contributed by atoms with van der Waals surface area (Å²) in [7, 11) is -46.7. The first kappa shape index (κ1) is 78.0. The Morgan fingerprint density at radius 1 is 0.333 bits per heavy atom. The Morgan fingerprint density at radius 3 is 1.14 bits per heavy atom. The fraction of sp³-hybridized carbons (Fsp3) is 0.933. The molecule has 0 aromatic carbocycles. The Kier molecular flexibility index (Phi) is 25.4. The molecule has 0 aromatic rings. The van der Waals surface area contributed by atoms with E-state index >= 15 is 0 Å². The molecule has 0 bridgehead atoms. The Bertz CT molecular complexity index is 3470. The Labute approximate surface area is 502 Å². The lowest BCUT2D eigenvalue weighted by Gasteiger charge is -2.50. The molecule has 0 spiro atoms. The fourth-order valence-electron chi connectivity index (χ4n) is 8.80. The van der Waals surface area contributed by atoms with Crippen LogP contribution in [0.2, 0.25) is 0 Å². The number of hydrogen-bond acceptors (Lipinski definition) is 39. The van der Waals surface area contributed by atoms with E-state index in [4.69, 9.17) is 51.7 Å². The van der Waals surface area contributed by atoms with E-state index in [1.165, 1.54) is 9.44 Å². The second kappa shape index (κ2) is 29.3. The molecule has 5 saturated heterocycles. The smallest absolute Gasteiger partial charge is 0.397 e. The maximum absolute atomic E-state index is 12.9. The van der Waals surface area contributed by atoms with Crippen molar-refractivity contribution in [1.29, 1.82) is 0 Å². The first-order valence-corrected chi connectivity index (χ1v) is 34.3. The third-order valence-electron chi connectivity index (χ3n) is 12.2. The Hall–Kier alpha value is -2.74. The van der Waals surface area contributed by atoms with Gasteiger partial charge in [0.25, 0.3) is 0 Å². The van der Waals surface area contributed by atoms with Crippen molar-refractivity contribution in [2.24, 2.45) is 0 Å². The monoisotopic (exact) mass is 1490 g/mol. The molecule has 52 nitrogen and oxygen atoms in total. The molecule has 0 radical (unpaired) electrons. The van der Waals surface area contributed by atoms with Gasteiger partial charge in [-0.1, -0.05) is 0 Å². The number of carboxylic acid groups (broad SMARTS) is 2. The summed E-state index contributed by atoms with van der Waals surface area (Å²) in [4.78, 5) is 25.7. The van der Waals surface area contributed by atoms with Crippen LogP contribution in [0.1, 0.15) is 0 Å². The molecule has 5 heterocycles. The van der Waals surface area contributed by atoms with Gasteiger partial charge in [0, 0.05) is 0 Å². The maximum Gasteiger partial charge on any atom is 0.397 e. The van der Waals surface area contributed by atoms with E-state index in [-0.39, 0.29) is 0 Å². The zero-order valence-corrected chi connectivity index (χ0v) is 49.5. The highest BCUT2D eigenvalue weighted by atomic mass is 32.3. The van der Waals surface area contributed by atoms with Gasteiger partial charge in [-0.2, -0.15) is 81.5 Å². The predicted molar refractivity (Wildman–Crippen MR) is 257 cm³/mol. The largest absolute Gasteiger partial charge is 0.479 e. The lowest BCUT2D eigenvalue weighted by Crippen LogP contribution is -2.71. The molecule has 5 aliphatic rings. The summed E-state index contributed by atoms with van der Waals surface area (Å²) in [6, 6.07) is -8.42. The van der Waals surface area contributed by atoms with Crippen LogP contribution in [0.4, 0.5) is 0 Å². The van der Waals surface area contributed by atoms with Gasteiger partial charge < -0.3 is 88.6 Å². The Balaban J connectivity index is 1.59. The fourth-order valence-corrected chi connectivity index (χ4v) is 12.5. The number of aliphatic hydroxyl groups is 7. The van der Waals surface area contributed by atoms with Gasteiger partial charge in [-0.15, -0.1) is 0 Å². The van der Waals surface area contributed by atoms with Gasteiger partial charge in [-0.3, -0.25) is 36.4 Å². The van der Waals surface area contributed by atoms with Gasteiger partial charge in [0.05, 0.1) is 19.8 Å². The molecule has 0 aliphatic carbocycles. The normalized spacial score (nSPS) is 38.9. The van der Waals surface area contributed by atoms with E-state index < -0.39 is 268 Å². The molecular formula is C30H51N3O49S8. The van der Waals surface area contributed by atoms with Crippen LogP contribution in [0.15, 0.2) is 0 Å². The van der Waals surface area contributed by atoms with Crippen LogP contribution in [0, 0.1) is 0 Å². The van der Waals surface area contributed by atoms with E-state index in [0.29, 0.717) is 0 Å². The van der Waals surface area contributed by atoms with Crippen LogP contribution >= 0.6 is 0 Å². The molecule has 5 fully saturated rings. The summed E-state index contributed by atoms with van der Waals surface area (Å²) in [5.41, 5.74) is 0. The summed E-state index contributed by atoms with van der Waals surface area (Å²) < 4.78 is 339. The lowest BCUT2D eigenvalue weighted by molar-refractivity contribution is -0.372. The number of aliphatic hydroxyl groups excluding tert-OH is 7. The molecule has 20 N–H and O–H groups in total. The van der Waals surface area contributed by atoms with E-state index in [1.807, 2.05) is 0 Å². The van der Waals surface area contributed by atoms with E-state index in [0.717, 1.165) is 4.72 Å². The number of carbonyl (C=O) groups is 2. The SMILES string of the molecule is O=C(O)[C@@H]1O[C@H](O[C@@H]2[C@@H](O)[C@H](NS(=O)(=O)O)C(O)O[C@@H]2COS(=O)(=O)O)[C@@H](OS(=O)(=O)O)[C@H](O)[C@H]1O[C@H]1O[C@H](COS(=O)(=O)O)[C@H](O[C@H]2O[C@@H](C(=O)O)[C@H](O[C@@H]3O[C@@H](COS(=O)(=O)O)[C@H](O)[C@H](O)[C@H]3NS(=O)(=O)O)C(O)[C@H]2O)[C@H](OS(=O)(=O)O)[C@@H]1NS(=O)(=O)O. The van der Waals surface area contributed by atoms with Crippen LogP contribution < -0.4 is 14.2 Å². The van der Waals surface area contributed by atoms with Crippen LogP contribution in [0.25, 0.3) is 0 Å². The van der Waals surface area contributed by atoms with Gasteiger partial charge >= 0.3 is 94.8 Å². The average molecular weight is 1490 g/mol. The average Bonchev–Trinajstić information content (AvgIpc) is 0.777. The van der Waals surface area contributed by atoms with E-state index in [2.05, 4.69) is 20.9 Å². The van der Waals surface area contributed by atoms with Crippen molar-refractivity contribution in [1.82, 2.24) is 14.2 Å². The van der Waals surface area contributed by atoms with Crippen LogP contribution in [0.3, 0.4) is 0 Å². The molecule has 0 amide bonds. The number of rotatable bonds is 29. The highest BCUT2D eigenvalue weighted by Crippen LogP contribution is 2.38. The number of aliphatic carboxylic acids is 2. The number of ether oxygens (including phenoxy) is 9. The van der Waals surface area contributed by atoms with Crippen molar-refractivity contribution in [2.75, 3.05) is 19.8 Å². The minimum absolute atomic E-state index is 1.09. The molecular weight excluding hydrogens is 1440 g/mol. The first-order chi connectivity index (χ1) is 40.6. The number of carboxylic acids is 2. The third kappa shape index (κ3) is 22.4. The Morgan fingerprint density at radius 2 is 0.700 bits per heavy atom. The first-order valence-electron chi connectivity index (χ1n) is 23.2. The summed E-state index contributed by atoms with van der Waals surface area (Å²) in [6.45, 7) is -5.16. The maximum atomic E-state index is 12.9. The minimum Gasteiger partial charge on any atom is -0.479 e. The van der Waals surface area contributed by atoms with Crippen molar-refractivity contribution in [3.8, 4) is 0 Å². The van der Waals surface area contributed by atoms with Crippen molar-refractivity contribution < 1.29 is 223 Å². The van der Waals surface area contributed by atoms with Crippen molar-refractivity contribution in [3.63, 3.8) is 0 Å². The summed E-state index contributed by atoms with van der Waals surface area (Å²) in [5, 5.41) is 97.8. The predicted octanol–water partition coefficient (Wildman–Crippen LogP) is -14.4. The molecule has 60 heteroatoms. The number of nitrogens with one attached hydrogen (secondary N) is 3. The zero-order valence-electron chi connectivity index (χ0n) is 43.0. The van der Waals surface area contributed by atoms with Gasteiger partial charge in [-0.05, 0) is 0 Å². The molecule has 2 unspecified atom stereocenters. The highest BCUT2D eigenvalue weighted by molar-refractivity contribution is 7.84. The minimum atomic E-state index is -6.36. The molecule has 528 valence electrons. The topological polar surface area (TPSA) is 816 Å². The zero-order chi connectivity index (χ0) is 68.7. The summed E-state index contributed by atoms with van der Waals surface area (Å²) in [6.07, 6.45) is -64.7. The highest BCUT2D eigenvalue weighted by Gasteiger charge is 2.61. The molecule has 0 aromatic heterocycles. The van der Waals surface area contributed by atoms with Crippen molar-refractivity contribution in [3.05, 3.63) is 0 Å². The molecule has 90 heavy (non-hydrogen) atoms. The van der Waals surface area contributed by atoms with E-state index in [1.54, 1.807) is 0 Å². The van der Waals surface area contributed by atoms with E-state index in [9.17, 15) is 150 Å². The molecule has 5 rings (SSSR count). The third-order valence-corrected chi connectivity index (χ3v) is 16.2. The quantitative estimate of drug-likeness (QED) is 0.0309. The summed E-state index contributed by atoms with van der Waals surface area (Å²) >= 11 is 0. The molecule has 25 atom stereocenters. The molecule has 5 aliphatic heterocycles. The van der Waals surface area contributed by atoms with Crippen LogP contribution in [0.5, 0.6) is 0 Å². The number of hydrogen-bond donors (Lipinski definition) is 20. The van der Waals surface area contributed by atoms with Gasteiger partial charge in [0.1, 0.15) is 104 Å². The van der Waals surface area contributed by atoms with Gasteiger partial charge in [0.15, 0.2) is 49.8 Å². The van der Waals surface area contributed by atoms with Crippen LogP contribution in [-0.4, -0.2) is 335 Å². The standard InChI is InChI=1S/C30H51N3O49S8/c34-10-4(1-69-86(54,55)56)73-27(8(11(10)35)32-84(48,49)50)77-19-13(37)14(38)29(79-22(19)24(40)41)76-17-6(3-71-88(60,61)62)74-28(9(33-85(51,52)53)18(17)81-89(63,64)65)78-20-15(39)21(82-90(66,67)68)30(80-23(20)25(42)43)75-16-5(2-70-87(57,58)59)72-26(44)7(12(16)36)31-83(45,46)47/h4-23,26-39,44H,1-3H2,(H,40,41)(H,42,43)(H,45,46,47)(H,48,49,50)(H,51,52,53)(H,54,55,56)(H,57,58,59)(H,60,61,62)(H,63,64,65)(H,66,67,68)/t4-,5+,6+,7-,8+,9-,10-,11+,12-,13?,14+,15+,16-,17-,18+,19+,20+,21-,22+,23+,26?,27-,28+,29-,30-/m0/s1.